The van der Waals surface area contributed by atoms with Gasteiger partial charge in [-0.2, -0.15) is 5.10 Å². The van der Waals surface area contributed by atoms with Crippen molar-refractivity contribution in [3.8, 4) is 28.4 Å². The number of ether oxygens (including phenoxy) is 3. The Morgan fingerprint density at radius 1 is 0.868 bits per heavy atom. The van der Waals surface area contributed by atoms with Crippen molar-refractivity contribution in [3.05, 3.63) is 76.6 Å². The van der Waals surface area contributed by atoms with E-state index in [1.807, 2.05) is 48.5 Å². The smallest absolute Gasteiger partial charge is 0.272 e. The summed E-state index contributed by atoms with van der Waals surface area (Å²) in [6, 6.07) is 19.2. The van der Waals surface area contributed by atoms with Crippen molar-refractivity contribution < 1.29 is 19.0 Å². The van der Waals surface area contributed by atoms with Gasteiger partial charge >= 0.3 is 0 Å². The molecule has 0 radical (unpaired) electrons. The zero-order valence-corrected chi connectivity index (χ0v) is 21.8. The average Bonchev–Trinajstić information content (AvgIpc) is 2.96. The fourth-order valence-electron chi connectivity index (χ4n) is 4.27. The van der Waals surface area contributed by atoms with E-state index in [1.165, 1.54) is 0 Å². The molecule has 0 spiro atoms. The normalized spacial score (nSPS) is 10.7. The Bertz CT molecular complexity index is 1440. The molecule has 9 nitrogen and oxygen atoms in total. The van der Waals surface area contributed by atoms with Crippen molar-refractivity contribution in [2.24, 2.45) is 0 Å². The molecule has 9 heteroatoms. The van der Waals surface area contributed by atoms with E-state index >= 15 is 0 Å². The number of aromatic amines is 1. The zero-order valence-electron chi connectivity index (χ0n) is 21.8. The second-order valence-electron chi connectivity index (χ2n) is 8.69. The van der Waals surface area contributed by atoms with Gasteiger partial charge in [-0.3, -0.25) is 9.59 Å². The topological polar surface area (TPSA) is 115 Å². The van der Waals surface area contributed by atoms with Gasteiger partial charge in [0.15, 0.2) is 17.3 Å². The quantitative estimate of drug-likeness (QED) is 0.242. The van der Waals surface area contributed by atoms with Crippen LogP contribution in [0, 0.1) is 0 Å². The first-order chi connectivity index (χ1) is 18.5. The molecule has 0 aliphatic rings. The predicted octanol–water partition coefficient (Wildman–Crippen LogP) is 4.17. The minimum Gasteiger partial charge on any atom is -0.493 e. The molecule has 3 N–H and O–H groups in total. The molecule has 198 valence electrons. The summed E-state index contributed by atoms with van der Waals surface area (Å²) in [7, 11) is 4.76. The number of aryl methyl sites for hydroxylation is 1. The highest BCUT2D eigenvalue weighted by molar-refractivity contribution is 5.90. The minimum absolute atomic E-state index is 0.00388. The van der Waals surface area contributed by atoms with Crippen molar-refractivity contribution in [2.45, 2.75) is 19.3 Å². The summed E-state index contributed by atoms with van der Waals surface area (Å²) in [5, 5.41) is 14.2. The fourth-order valence-corrected chi connectivity index (χ4v) is 4.27. The van der Waals surface area contributed by atoms with Crippen molar-refractivity contribution >= 4 is 22.5 Å². The third-order valence-electron chi connectivity index (χ3n) is 6.23. The van der Waals surface area contributed by atoms with E-state index in [0.29, 0.717) is 54.4 Å². The van der Waals surface area contributed by atoms with Gasteiger partial charge in [-0.15, -0.1) is 0 Å². The van der Waals surface area contributed by atoms with Crippen LogP contribution in [-0.4, -0.2) is 50.5 Å². The molecule has 0 atom stereocenters. The first-order valence-corrected chi connectivity index (χ1v) is 12.4. The van der Waals surface area contributed by atoms with Gasteiger partial charge in [0.25, 0.3) is 5.56 Å². The molecule has 0 fully saturated rings. The molecular weight excluding hydrogens is 484 g/mol. The number of nitrogens with one attached hydrogen (secondary N) is 3. The first-order valence-electron chi connectivity index (χ1n) is 12.4. The van der Waals surface area contributed by atoms with Crippen molar-refractivity contribution in [1.82, 2.24) is 15.5 Å². The molecule has 0 saturated carbocycles. The number of carbonyl (C=O) groups excluding carboxylic acids is 1. The van der Waals surface area contributed by atoms with Crippen LogP contribution in [0.25, 0.3) is 21.9 Å². The lowest BCUT2D eigenvalue weighted by Crippen LogP contribution is -2.26. The van der Waals surface area contributed by atoms with Crippen LogP contribution < -0.4 is 30.4 Å². The Hall–Kier alpha value is -4.53. The third-order valence-corrected chi connectivity index (χ3v) is 6.23. The van der Waals surface area contributed by atoms with E-state index in [2.05, 4.69) is 26.9 Å². The van der Waals surface area contributed by atoms with E-state index in [9.17, 15) is 9.59 Å². The summed E-state index contributed by atoms with van der Waals surface area (Å²) in [5.41, 5.74) is 2.77. The van der Waals surface area contributed by atoms with Gasteiger partial charge in [0, 0.05) is 24.9 Å². The number of rotatable bonds is 12. The molecule has 3 aromatic carbocycles. The van der Waals surface area contributed by atoms with Crippen LogP contribution in [0.5, 0.6) is 17.2 Å². The minimum atomic E-state index is -0.215. The summed E-state index contributed by atoms with van der Waals surface area (Å²) in [6.45, 7) is 1.15. The number of carbonyl (C=O) groups is 1. The number of fused-ring (bicyclic) bond motifs is 1. The fraction of sp³-hybridized carbons (Fsp3) is 0.276. The van der Waals surface area contributed by atoms with Gasteiger partial charge in [0.1, 0.15) is 0 Å². The zero-order chi connectivity index (χ0) is 26.9. The molecule has 4 rings (SSSR count). The molecule has 0 bridgehead atoms. The molecule has 0 aliphatic heterocycles. The molecule has 1 heterocycles. The van der Waals surface area contributed by atoms with Crippen molar-refractivity contribution in [1.29, 1.82) is 0 Å². The van der Waals surface area contributed by atoms with E-state index < -0.39 is 0 Å². The molecule has 1 amide bonds. The molecule has 4 aromatic rings. The molecule has 38 heavy (non-hydrogen) atoms. The summed E-state index contributed by atoms with van der Waals surface area (Å²) in [5.74, 6) is 2.34. The van der Waals surface area contributed by atoms with E-state index in [4.69, 9.17) is 14.2 Å². The highest BCUT2D eigenvalue weighted by Crippen LogP contribution is 2.41. The van der Waals surface area contributed by atoms with Gasteiger partial charge < -0.3 is 24.8 Å². The SMILES string of the molecule is COc1cc(-c2cccc(CCC(=O)NCCCNc3n[nH]c(=O)c4ccccc34)c2)cc(OC)c1OC. The van der Waals surface area contributed by atoms with E-state index in [0.717, 1.165) is 28.5 Å². The van der Waals surface area contributed by atoms with Crippen LogP contribution in [-0.2, 0) is 11.2 Å². The maximum Gasteiger partial charge on any atom is 0.272 e. The highest BCUT2D eigenvalue weighted by atomic mass is 16.5. The van der Waals surface area contributed by atoms with Crippen LogP contribution in [0.15, 0.2) is 65.5 Å². The van der Waals surface area contributed by atoms with Crippen LogP contribution in [0.4, 0.5) is 5.82 Å². The lowest BCUT2D eigenvalue weighted by molar-refractivity contribution is -0.121. The lowest BCUT2D eigenvalue weighted by atomic mass is 10.00. The molecule has 1 aromatic heterocycles. The van der Waals surface area contributed by atoms with E-state index in [-0.39, 0.29) is 11.5 Å². The number of amides is 1. The number of anilines is 1. The largest absolute Gasteiger partial charge is 0.493 e. The highest BCUT2D eigenvalue weighted by Gasteiger charge is 2.14. The Kier molecular flexibility index (Phi) is 8.81. The second-order valence-corrected chi connectivity index (χ2v) is 8.69. The number of hydrogen-bond donors (Lipinski definition) is 3. The lowest BCUT2D eigenvalue weighted by Gasteiger charge is -2.14. The molecule has 0 saturated heterocycles. The number of benzene rings is 3. The van der Waals surface area contributed by atoms with E-state index in [1.54, 1.807) is 27.4 Å². The van der Waals surface area contributed by atoms with Gasteiger partial charge in [0.2, 0.25) is 11.7 Å². The Morgan fingerprint density at radius 2 is 1.61 bits per heavy atom. The van der Waals surface area contributed by atoms with Gasteiger partial charge in [0.05, 0.1) is 26.7 Å². The number of H-pyrrole nitrogens is 1. The summed E-state index contributed by atoms with van der Waals surface area (Å²) < 4.78 is 16.4. The monoisotopic (exact) mass is 516 g/mol. The van der Waals surface area contributed by atoms with Crippen molar-refractivity contribution in [3.63, 3.8) is 0 Å². The predicted molar refractivity (Wildman–Crippen MR) is 148 cm³/mol. The summed E-state index contributed by atoms with van der Waals surface area (Å²) >= 11 is 0. The Labute approximate surface area is 221 Å². The maximum atomic E-state index is 12.4. The number of hydrogen-bond acceptors (Lipinski definition) is 7. The third kappa shape index (κ3) is 6.23. The number of aromatic nitrogens is 2. The van der Waals surface area contributed by atoms with Crippen LogP contribution >= 0.6 is 0 Å². The van der Waals surface area contributed by atoms with Gasteiger partial charge in [-0.25, -0.2) is 5.10 Å². The molecular formula is C29H32N4O5. The van der Waals surface area contributed by atoms with Crippen molar-refractivity contribution in [2.75, 3.05) is 39.7 Å². The number of methoxy groups -OCH3 is 3. The first kappa shape index (κ1) is 26.5. The van der Waals surface area contributed by atoms with Crippen LogP contribution in [0.3, 0.4) is 0 Å². The second kappa shape index (κ2) is 12.6. The number of nitrogens with zero attached hydrogens (tertiary/aromatic N) is 1. The average molecular weight is 517 g/mol. The molecule has 0 unspecified atom stereocenters. The van der Waals surface area contributed by atoms with Crippen LogP contribution in [0.2, 0.25) is 0 Å². The standard InChI is InChI=1S/C29H32N4O5/c1-36-24-17-21(18-25(37-2)27(24)38-3)20-9-6-8-19(16-20)12-13-26(34)30-14-7-15-31-28-22-10-4-5-11-23(22)29(35)33-32-28/h4-6,8-11,16-18H,7,12-15H2,1-3H3,(H,30,34)(H,31,32)(H,33,35). The van der Waals surface area contributed by atoms with Gasteiger partial charge in [-0.05, 0) is 47.7 Å². The summed E-state index contributed by atoms with van der Waals surface area (Å²) in [4.78, 5) is 24.3. The van der Waals surface area contributed by atoms with Gasteiger partial charge in [-0.1, -0.05) is 42.5 Å². The Balaban J connectivity index is 1.27. The van der Waals surface area contributed by atoms with Crippen LogP contribution in [0.1, 0.15) is 18.4 Å². The maximum absolute atomic E-state index is 12.4. The summed E-state index contributed by atoms with van der Waals surface area (Å²) in [6.07, 6.45) is 1.73. The molecule has 0 aliphatic carbocycles. The Morgan fingerprint density at radius 3 is 2.32 bits per heavy atom.